The number of hydrogen-bond acceptors (Lipinski definition) is 6. The lowest BCUT2D eigenvalue weighted by molar-refractivity contribution is -0.117. The minimum Gasteiger partial charge on any atom is -0.368 e. The Kier molecular flexibility index (Phi) is 5.75. The van der Waals surface area contributed by atoms with Crippen LogP contribution in [0, 0.1) is 13.8 Å². The molecule has 1 amide bonds. The SMILES string of the molecule is Cc1cccc(NC(=O)Cn2nc3c(N4CCN(c5ccccc5)CC4)nccn3c2=O)c1C. The fourth-order valence-corrected chi connectivity index (χ4v) is 4.29. The zero-order valence-electron chi connectivity index (χ0n) is 19.3. The number of fused-ring (bicyclic) bond motifs is 1. The number of rotatable bonds is 5. The van der Waals surface area contributed by atoms with E-state index < -0.39 is 0 Å². The van der Waals surface area contributed by atoms with Crippen LogP contribution in [0.5, 0.6) is 0 Å². The summed E-state index contributed by atoms with van der Waals surface area (Å²) in [7, 11) is 0. The first-order valence-corrected chi connectivity index (χ1v) is 11.4. The second-order valence-corrected chi connectivity index (χ2v) is 8.49. The van der Waals surface area contributed by atoms with E-state index in [0.29, 0.717) is 11.5 Å². The smallest absolute Gasteiger partial charge is 0.350 e. The molecule has 0 bridgehead atoms. The summed E-state index contributed by atoms with van der Waals surface area (Å²) in [5.74, 6) is 0.353. The van der Waals surface area contributed by atoms with Gasteiger partial charge in [0.2, 0.25) is 11.6 Å². The van der Waals surface area contributed by atoms with E-state index in [9.17, 15) is 9.59 Å². The molecule has 0 spiro atoms. The summed E-state index contributed by atoms with van der Waals surface area (Å²) in [5, 5.41) is 7.36. The number of anilines is 3. The number of hydrogen-bond donors (Lipinski definition) is 1. The van der Waals surface area contributed by atoms with Gasteiger partial charge in [-0.05, 0) is 43.2 Å². The minimum atomic E-state index is -0.363. The molecule has 0 saturated carbocycles. The molecule has 1 saturated heterocycles. The molecular formula is C25H27N7O2. The predicted molar refractivity (Wildman–Crippen MR) is 133 cm³/mol. The summed E-state index contributed by atoms with van der Waals surface area (Å²) in [4.78, 5) is 34.6. The van der Waals surface area contributed by atoms with E-state index in [2.05, 4.69) is 37.3 Å². The largest absolute Gasteiger partial charge is 0.368 e. The normalized spacial score (nSPS) is 13.9. The Morgan fingerprint density at radius 1 is 0.971 bits per heavy atom. The Balaban J connectivity index is 1.34. The molecule has 34 heavy (non-hydrogen) atoms. The lowest BCUT2D eigenvalue weighted by atomic mass is 10.1. The average molecular weight is 458 g/mol. The number of amides is 1. The summed E-state index contributed by atoms with van der Waals surface area (Å²) in [6.07, 6.45) is 3.20. The average Bonchev–Trinajstić information content (AvgIpc) is 3.18. The van der Waals surface area contributed by atoms with Crippen LogP contribution in [0.15, 0.2) is 65.7 Å². The van der Waals surface area contributed by atoms with Crippen molar-refractivity contribution in [2.24, 2.45) is 0 Å². The number of aryl methyl sites for hydroxylation is 1. The van der Waals surface area contributed by atoms with Gasteiger partial charge in [-0.2, -0.15) is 0 Å². The van der Waals surface area contributed by atoms with Gasteiger partial charge in [0, 0.05) is 49.9 Å². The first-order chi connectivity index (χ1) is 16.5. The molecule has 4 aromatic rings. The molecule has 0 unspecified atom stereocenters. The van der Waals surface area contributed by atoms with Crippen molar-refractivity contribution in [3.05, 3.63) is 82.5 Å². The summed E-state index contributed by atoms with van der Waals surface area (Å²) in [6.45, 7) is 6.98. The van der Waals surface area contributed by atoms with E-state index in [1.165, 1.54) is 14.8 Å². The van der Waals surface area contributed by atoms with Crippen molar-refractivity contribution in [3.8, 4) is 0 Å². The summed E-state index contributed by atoms with van der Waals surface area (Å²) >= 11 is 0. The predicted octanol–water partition coefficient (Wildman–Crippen LogP) is 2.47. The Hall–Kier alpha value is -4.14. The molecule has 9 heteroatoms. The Bertz CT molecular complexity index is 1390. The van der Waals surface area contributed by atoms with Gasteiger partial charge in [-0.25, -0.2) is 18.9 Å². The quantitative estimate of drug-likeness (QED) is 0.495. The van der Waals surface area contributed by atoms with Gasteiger partial charge in [0.25, 0.3) is 0 Å². The molecule has 2 aromatic carbocycles. The maximum Gasteiger partial charge on any atom is 0.350 e. The Morgan fingerprint density at radius 2 is 1.71 bits per heavy atom. The van der Waals surface area contributed by atoms with Crippen molar-refractivity contribution in [2.45, 2.75) is 20.4 Å². The summed E-state index contributed by atoms with van der Waals surface area (Å²) < 4.78 is 2.65. The van der Waals surface area contributed by atoms with Crippen molar-refractivity contribution >= 4 is 28.7 Å². The highest BCUT2D eigenvalue weighted by atomic mass is 16.2. The Labute approximate surface area is 197 Å². The van der Waals surface area contributed by atoms with Crippen molar-refractivity contribution in [1.29, 1.82) is 0 Å². The number of nitrogens with one attached hydrogen (secondary N) is 1. The first kappa shape index (κ1) is 21.7. The highest BCUT2D eigenvalue weighted by Gasteiger charge is 2.23. The highest BCUT2D eigenvalue weighted by Crippen LogP contribution is 2.21. The van der Waals surface area contributed by atoms with Gasteiger partial charge in [-0.15, -0.1) is 5.10 Å². The molecule has 174 valence electrons. The highest BCUT2D eigenvalue weighted by molar-refractivity contribution is 5.91. The molecule has 5 rings (SSSR count). The summed E-state index contributed by atoms with van der Waals surface area (Å²) in [6, 6.07) is 16.1. The van der Waals surface area contributed by atoms with Gasteiger partial charge in [-0.3, -0.25) is 4.79 Å². The van der Waals surface area contributed by atoms with Gasteiger partial charge in [-0.1, -0.05) is 30.3 Å². The van der Waals surface area contributed by atoms with E-state index in [-0.39, 0.29) is 18.1 Å². The number of aromatic nitrogens is 4. The molecule has 1 aliphatic heterocycles. The third kappa shape index (κ3) is 4.12. The van der Waals surface area contributed by atoms with Crippen LogP contribution in [0.4, 0.5) is 17.2 Å². The van der Waals surface area contributed by atoms with Gasteiger partial charge < -0.3 is 15.1 Å². The van der Waals surface area contributed by atoms with E-state index in [0.717, 1.165) is 43.0 Å². The van der Waals surface area contributed by atoms with Crippen molar-refractivity contribution in [3.63, 3.8) is 0 Å². The van der Waals surface area contributed by atoms with Gasteiger partial charge in [0.05, 0.1) is 0 Å². The molecule has 0 atom stereocenters. The maximum atomic E-state index is 12.9. The van der Waals surface area contributed by atoms with Crippen LogP contribution >= 0.6 is 0 Å². The number of benzene rings is 2. The molecule has 1 aliphatic rings. The van der Waals surface area contributed by atoms with Crippen LogP contribution in [0.1, 0.15) is 11.1 Å². The first-order valence-electron chi connectivity index (χ1n) is 11.4. The second-order valence-electron chi connectivity index (χ2n) is 8.49. The molecule has 0 radical (unpaired) electrons. The number of piperazine rings is 1. The van der Waals surface area contributed by atoms with E-state index in [1.807, 2.05) is 50.2 Å². The topological polar surface area (TPSA) is 87.8 Å². The number of carbonyl (C=O) groups excluding carboxylic acids is 1. The minimum absolute atomic E-state index is 0.172. The van der Waals surface area contributed by atoms with Crippen LogP contribution in [0.2, 0.25) is 0 Å². The molecule has 9 nitrogen and oxygen atoms in total. The summed E-state index contributed by atoms with van der Waals surface area (Å²) in [5.41, 5.74) is 4.12. The zero-order chi connectivity index (χ0) is 23.7. The third-order valence-electron chi connectivity index (χ3n) is 6.36. The maximum absolute atomic E-state index is 12.9. The van der Waals surface area contributed by atoms with Crippen molar-refractivity contribution in [2.75, 3.05) is 41.3 Å². The fraction of sp³-hybridized carbons (Fsp3) is 0.280. The van der Waals surface area contributed by atoms with Crippen LogP contribution in [-0.4, -0.2) is 51.3 Å². The third-order valence-corrected chi connectivity index (χ3v) is 6.36. The molecule has 1 fully saturated rings. The number of para-hydroxylation sites is 1. The molecule has 2 aromatic heterocycles. The van der Waals surface area contributed by atoms with E-state index in [1.54, 1.807) is 12.4 Å². The van der Waals surface area contributed by atoms with Gasteiger partial charge in [0.15, 0.2) is 5.82 Å². The standard InChI is InChI=1S/C25H27N7O2/c1-18-7-6-10-21(19(18)2)27-22(33)17-32-25(34)31-12-11-26-23(24(31)28-32)30-15-13-29(14-16-30)20-8-4-3-5-9-20/h3-12H,13-17H2,1-2H3,(H,27,33). The van der Waals surface area contributed by atoms with Crippen LogP contribution in [-0.2, 0) is 11.3 Å². The van der Waals surface area contributed by atoms with Gasteiger partial charge >= 0.3 is 5.69 Å². The number of nitrogens with zero attached hydrogens (tertiary/aromatic N) is 6. The lowest BCUT2D eigenvalue weighted by Crippen LogP contribution is -2.47. The molecule has 0 aliphatic carbocycles. The number of carbonyl (C=O) groups is 1. The fourth-order valence-electron chi connectivity index (χ4n) is 4.29. The van der Waals surface area contributed by atoms with Crippen LogP contribution < -0.4 is 20.8 Å². The van der Waals surface area contributed by atoms with Crippen molar-refractivity contribution < 1.29 is 4.79 Å². The van der Waals surface area contributed by atoms with Crippen LogP contribution in [0.3, 0.4) is 0 Å². The van der Waals surface area contributed by atoms with Gasteiger partial charge in [0.1, 0.15) is 6.54 Å². The molecule has 1 N–H and O–H groups in total. The monoisotopic (exact) mass is 457 g/mol. The molecular weight excluding hydrogens is 430 g/mol. The van der Waals surface area contributed by atoms with E-state index >= 15 is 0 Å². The van der Waals surface area contributed by atoms with E-state index in [4.69, 9.17) is 0 Å². The van der Waals surface area contributed by atoms with Crippen molar-refractivity contribution in [1.82, 2.24) is 19.2 Å². The van der Waals surface area contributed by atoms with Crippen LogP contribution in [0.25, 0.3) is 5.65 Å². The Morgan fingerprint density at radius 3 is 2.47 bits per heavy atom. The zero-order valence-corrected chi connectivity index (χ0v) is 19.3. The molecule has 3 heterocycles. The second kappa shape index (κ2) is 9.01. The lowest BCUT2D eigenvalue weighted by Gasteiger charge is -2.36.